The van der Waals surface area contributed by atoms with Crippen molar-refractivity contribution in [2.45, 2.75) is 0 Å². The molecule has 0 aliphatic carbocycles. The molecule has 3 saturated heterocycles. The first kappa shape index (κ1) is 27.1. The van der Waals surface area contributed by atoms with Crippen molar-refractivity contribution in [2.75, 3.05) is 98.2 Å². The summed E-state index contributed by atoms with van der Waals surface area (Å²) >= 11 is 0. The van der Waals surface area contributed by atoms with Crippen molar-refractivity contribution >= 4 is 43.8 Å². The second-order valence-electron chi connectivity index (χ2n) is 7.69. The van der Waals surface area contributed by atoms with E-state index in [4.69, 9.17) is 0 Å². The molecule has 30 heavy (non-hydrogen) atoms. The van der Waals surface area contributed by atoms with Gasteiger partial charge >= 0.3 is 43.8 Å². The Bertz CT molecular complexity index is 469. The van der Waals surface area contributed by atoms with Gasteiger partial charge in [-0.15, -0.1) is 0 Å². The van der Waals surface area contributed by atoms with Crippen LogP contribution >= 0.6 is 0 Å². The van der Waals surface area contributed by atoms with Gasteiger partial charge in [0.1, 0.15) is 0 Å². The van der Waals surface area contributed by atoms with E-state index >= 15 is 0 Å². The van der Waals surface area contributed by atoms with Crippen molar-refractivity contribution in [1.82, 2.24) is 24.5 Å². The first-order valence-corrected chi connectivity index (χ1v) is 10.1. The summed E-state index contributed by atoms with van der Waals surface area (Å²) in [4.78, 5) is 43.8. The zero-order chi connectivity index (χ0) is 21.2. The summed E-state index contributed by atoms with van der Waals surface area (Å²) in [6.07, 6.45) is 0. The van der Waals surface area contributed by atoms with Crippen LogP contribution in [0.15, 0.2) is 0 Å². The number of rotatable bonds is 6. The number of carboxylic acid groups (broad SMARTS) is 3. The van der Waals surface area contributed by atoms with Crippen LogP contribution in [0.4, 0.5) is 0 Å². The van der Waals surface area contributed by atoms with E-state index in [9.17, 15) is 29.7 Å². The first-order chi connectivity index (χ1) is 13.8. The summed E-state index contributed by atoms with van der Waals surface area (Å²) in [5, 5.41) is 27.6. The number of aliphatic carboxylic acids is 3. The number of carbonyl (C=O) groups is 3. The maximum absolute atomic E-state index is 11.2. The van der Waals surface area contributed by atoms with Crippen LogP contribution in [-0.2, 0) is 14.4 Å². The molecule has 3 rings (SSSR count). The molecule has 0 atom stereocenters. The van der Waals surface area contributed by atoms with Crippen LogP contribution in [0.2, 0.25) is 0 Å². The summed E-state index contributed by atoms with van der Waals surface area (Å²) in [5.74, 6) is -2.53. The standard InChI is InChI=1S/C18H33N5O6.In.3H/c24-16(25)13-21-7-1-19-2-8-22(14-17(26)27)11-5-20(4-10-21)6-12-23(9-3-19)15-18(28)29;;;;/h1-15H2,(H,24,25)(H,26,27)(H,28,29);;;;. The Morgan fingerprint density at radius 3 is 0.833 bits per heavy atom. The molecule has 3 aliphatic heterocycles. The monoisotopic (exact) mass is 533 g/mol. The summed E-state index contributed by atoms with van der Waals surface area (Å²) in [7, 11) is 0. The third-order valence-corrected chi connectivity index (χ3v) is 5.47. The normalized spacial score (nSPS) is 25.6. The van der Waals surface area contributed by atoms with Gasteiger partial charge in [-0.1, -0.05) is 0 Å². The molecule has 2 bridgehead atoms. The number of hydrogen-bond donors (Lipinski definition) is 3. The van der Waals surface area contributed by atoms with E-state index in [1.807, 2.05) is 14.7 Å². The molecule has 12 heteroatoms. The SMILES string of the molecule is O=C(O)CN1CCN2CCN(CC(=O)O)CCN(CC1)CCN(CC(=O)O)CC2.[InH3]. The summed E-state index contributed by atoms with van der Waals surface area (Å²) in [5.41, 5.74) is 0. The topological polar surface area (TPSA) is 128 Å². The number of nitrogens with zero attached hydrogens (tertiary/aromatic N) is 5. The van der Waals surface area contributed by atoms with Crippen LogP contribution in [0, 0.1) is 0 Å². The zero-order valence-corrected chi connectivity index (χ0v) is 16.9. The van der Waals surface area contributed by atoms with Gasteiger partial charge in [0.05, 0.1) is 19.6 Å². The number of carboxylic acids is 3. The molecule has 0 unspecified atom stereocenters. The molecule has 0 aromatic heterocycles. The van der Waals surface area contributed by atoms with Crippen molar-refractivity contribution in [2.24, 2.45) is 0 Å². The molecule has 0 radical (unpaired) electrons. The van der Waals surface area contributed by atoms with Gasteiger partial charge in [-0.25, -0.2) is 0 Å². The minimum atomic E-state index is -0.845. The van der Waals surface area contributed by atoms with Crippen molar-refractivity contribution in [3.63, 3.8) is 0 Å². The molecular weight excluding hydrogens is 497 g/mol. The van der Waals surface area contributed by atoms with Gasteiger partial charge in [-0.05, 0) is 0 Å². The fraction of sp³-hybridized carbons (Fsp3) is 0.833. The Balaban J connectivity index is 0.00000450. The summed E-state index contributed by atoms with van der Waals surface area (Å²) < 4.78 is 0. The molecular formula is C18H36InN5O6. The van der Waals surface area contributed by atoms with Crippen molar-refractivity contribution < 1.29 is 29.7 Å². The third kappa shape index (κ3) is 10.9. The van der Waals surface area contributed by atoms with Gasteiger partial charge in [-0.3, -0.25) is 38.9 Å². The van der Waals surface area contributed by atoms with E-state index in [1.165, 1.54) is 0 Å². The second kappa shape index (κ2) is 14.2. The molecule has 0 aromatic carbocycles. The van der Waals surface area contributed by atoms with Gasteiger partial charge in [0.15, 0.2) is 0 Å². The molecule has 172 valence electrons. The van der Waals surface area contributed by atoms with E-state index in [2.05, 4.69) is 9.80 Å². The average Bonchev–Trinajstić information content (AvgIpc) is 2.61. The van der Waals surface area contributed by atoms with Crippen molar-refractivity contribution in [3.05, 3.63) is 0 Å². The van der Waals surface area contributed by atoms with E-state index in [1.54, 1.807) is 0 Å². The summed E-state index contributed by atoms with van der Waals surface area (Å²) in [6.45, 7) is 7.62. The van der Waals surface area contributed by atoms with Crippen LogP contribution in [0.3, 0.4) is 0 Å². The van der Waals surface area contributed by atoms with Gasteiger partial charge in [0.2, 0.25) is 0 Å². The molecule has 3 aliphatic rings. The minimum absolute atomic E-state index is 0. The fourth-order valence-electron chi connectivity index (χ4n) is 3.75. The third-order valence-electron chi connectivity index (χ3n) is 5.47. The van der Waals surface area contributed by atoms with Crippen LogP contribution < -0.4 is 0 Å². The van der Waals surface area contributed by atoms with Crippen LogP contribution in [0.25, 0.3) is 0 Å². The molecule has 3 N–H and O–H groups in total. The molecule has 0 saturated carbocycles. The first-order valence-electron chi connectivity index (χ1n) is 10.1. The maximum atomic E-state index is 11.2. The quantitative estimate of drug-likeness (QED) is 0.316. The molecule has 0 amide bonds. The van der Waals surface area contributed by atoms with Gasteiger partial charge < -0.3 is 15.3 Å². The van der Waals surface area contributed by atoms with Gasteiger partial charge in [0.25, 0.3) is 0 Å². The van der Waals surface area contributed by atoms with Crippen LogP contribution in [0.1, 0.15) is 0 Å². The van der Waals surface area contributed by atoms with Crippen molar-refractivity contribution in [1.29, 1.82) is 0 Å². The molecule has 3 fully saturated rings. The van der Waals surface area contributed by atoms with Crippen molar-refractivity contribution in [3.8, 4) is 0 Å². The number of hydrogen-bond acceptors (Lipinski definition) is 8. The van der Waals surface area contributed by atoms with E-state index in [0.717, 1.165) is 0 Å². The van der Waals surface area contributed by atoms with Crippen LogP contribution in [-0.4, -0.2) is 182 Å². The Morgan fingerprint density at radius 2 is 0.667 bits per heavy atom. The Morgan fingerprint density at radius 1 is 0.467 bits per heavy atom. The van der Waals surface area contributed by atoms with Gasteiger partial charge in [-0.2, -0.15) is 0 Å². The molecule has 3 heterocycles. The second-order valence-corrected chi connectivity index (χ2v) is 7.69. The fourth-order valence-corrected chi connectivity index (χ4v) is 3.75. The number of fused-ring (bicyclic) bond motifs is 12. The average molecular weight is 533 g/mol. The predicted octanol–water partition coefficient (Wildman–Crippen LogP) is -3.41. The Labute approximate surface area is 196 Å². The molecule has 0 aromatic rings. The Kier molecular flexibility index (Phi) is 12.8. The van der Waals surface area contributed by atoms with E-state index < -0.39 is 17.9 Å². The zero-order valence-electron chi connectivity index (χ0n) is 16.9. The Hall–Kier alpha value is -0.920. The molecule has 0 spiro atoms. The van der Waals surface area contributed by atoms with E-state index in [0.29, 0.717) is 78.5 Å². The van der Waals surface area contributed by atoms with E-state index in [-0.39, 0.29) is 45.5 Å². The summed E-state index contributed by atoms with van der Waals surface area (Å²) in [6, 6.07) is 0. The predicted molar refractivity (Wildman–Crippen MR) is 115 cm³/mol. The molecule has 11 nitrogen and oxygen atoms in total. The van der Waals surface area contributed by atoms with Crippen LogP contribution in [0.5, 0.6) is 0 Å². The van der Waals surface area contributed by atoms with Gasteiger partial charge in [0, 0.05) is 78.5 Å².